The van der Waals surface area contributed by atoms with Crippen LogP contribution in [0.4, 0.5) is 17.5 Å². The molecule has 1 aromatic heterocycles. The number of nitrogens with one attached hydrogen (secondary N) is 3. The van der Waals surface area contributed by atoms with E-state index in [1.807, 2.05) is 0 Å². The van der Waals surface area contributed by atoms with Crippen LogP contribution in [0.1, 0.15) is 6.92 Å². The fraction of sp³-hybridized carbons (Fsp3) is 0.556. The molecule has 0 amide bonds. The minimum atomic E-state index is -0.979. The lowest BCUT2D eigenvalue weighted by molar-refractivity contribution is 0.0214. The number of hydrogen-bond acceptors (Lipinski definition) is 7. The molecule has 94 valence electrons. The van der Waals surface area contributed by atoms with Crippen molar-refractivity contribution in [2.75, 3.05) is 22.9 Å². The van der Waals surface area contributed by atoms with Gasteiger partial charge in [-0.2, -0.15) is 4.98 Å². The summed E-state index contributed by atoms with van der Waals surface area (Å²) in [4.78, 5) is 17.9. The van der Waals surface area contributed by atoms with E-state index < -0.39 is 23.8 Å². The highest BCUT2D eigenvalue weighted by Crippen LogP contribution is 2.21. The van der Waals surface area contributed by atoms with Gasteiger partial charge in [-0.25, -0.2) is 0 Å². The number of aromatic nitrogens is 2. The van der Waals surface area contributed by atoms with Crippen LogP contribution < -0.4 is 21.9 Å². The molecule has 1 aliphatic rings. The molecule has 0 aromatic carbocycles. The number of anilines is 3. The maximum Gasteiger partial charge on any atom is 0.277 e. The second kappa shape index (κ2) is 4.22. The number of aliphatic hydroxyl groups excluding tert-OH is 2. The van der Waals surface area contributed by atoms with Crippen molar-refractivity contribution < 1.29 is 10.2 Å². The fourth-order valence-electron chi connectivity index (χ4n) is 1.74. The molecule has 8 heteroatoms. The van der Waals surface area contributed by atoms with Gasteiger partial charge in [0, 0.05) is 6.54 Å². The molecule has 17 heavy (non-hydrogen) atoms. The van der Waals surface area contributed by atoms with E-state index in [1.54, 1.807) is 0 Å². The van der Waals surface area contributed by atoms with Crippen LogP contribution in [0.25, 0.3) is 0 Å². The number of fused-ring (bicyclic) bond motifs is 1. The first kappa shape index (κ1) is 11.7. The van der Waals surface area contributed by atoms with Crippen LogP contribution in [0.15, 0.2) is 4.79 Å². The number of aromatic amines is 1. The van der Waals surface area contributed by atoms with Crippen molar-refractivity contribution in [2.45, 2.75) is 25.2 Å². The number of nitrogen functional groups attached to an aromatic ring is 1. The fourth-order valence-corrected chi connectivity index (χ4v) is 1.74. The number of nitrogens with two attached hydrogens (primary N) is 1. The third kappa shape index (κ3) is 2.17. The monoisotopic (exact) mass is 241 g/mol. The SMILES string of the molecule is C[C@@H](O)[C@H](O)[C@@H]1CNc2nc(N)[nH]c(=O)c2N1. The van der Waals surface area contributed by atoms with Gasteiger partial charge in [0.15, 0.2) is 5.82 Å². The summed E-state index contributed by atoms with van der Waals surface area (Å²) >= 11 is 0. The van der Waals surface area contributed by atoms with E-state index in [-0.39, 0.29) is 11.6 Å². The Hall–Kier alpha value is -1.80. The second-order valence-corrected chi connectivity index (χ2v) is 4.04. The van der Waals surface area contributed by atoms with Gasteiger partial charge in [-0.05, 0) is 6.92 Å². The van der Waals surface area contributed by atoms with Gasteiger partial charge < -0.3 is 26.6 Å². The summed E-state index contributed by atoms with van der Waals surface area (Å²) in [5.74, 6) is 0.373. The van der Waals surface area contributed by atoms with E-state index in [4.69, 9.17) is 5.73 Å². The molecular formula is C9H15N5O3. The van der Waals surface area contributed by atoms with Crippen LogP contribution in [-0.2, 0) is 0 Å². The Kier molecular flexibility index (Phi) is 2.90. The van der Waals surface area contributed by atoms with Crippen molar-refractivity contribution in [2.24, 2.45) is 0 Å². The molecule has 2 heterocycles. The van der Waals surface area contributed by atoms with Crippen molar-refractivity contribution in [3.63, 3.8) is 0 Å². The third-order valence-corrected chi connectivity index (χ3v) is 2.66. The van der Waals surface area contributed by atoms with Crippen LogP contribution in [0.5, 0.6) is 0 Å². The Morgan fingerprint density at radius 2 is 2.24 bits per heavy atom. The Labute approximate surface area is 96.9 Å². The molecule has 0 fully saturated rings. The van der Waals surface area contributed by atoms with Gasteiger partial charge >= 0.3 is 0 Å². The summed E-state index contributed by atoms with van der Waals surface area (Å²) in [6, 6.07) is -0.464. The summed E-state index contributed by atoms with van der Waals surface area (Å²) in [7, 11) is 0. The molecule has 2 rings (SSSR count). The van der Waals surface area contributed by atoms with E-state index in [0.717, 1.165) is 0 Å². The van der Waals surface area contributed by atoms with Crippen molar-refractivity contribution in [1.29, 1.82) is 0 Å². The molecule has 0 spiro atoms. The first-order valence-corrected chi connectivity index (χ1v) is 5.25. The van der Waals surface area contributed by atoms with E-state index in [0.29, 0.717) is 12.4 Å². The van der Waals surface area contributed by atoms with Gasteiger partial charge in [0.2, 0.25) is 5.95 Å². The predicted octanol–water partition coefficient (Wildman–Crippen LogP) is -1.70. The topological polar surface area (TPSA) is 136 Å². The minimum Gasteiger partial charge on any atom is -0.391 e. The zero-order valence-corrected chi connectivity index (χ0v) is 9.27. The van der Waals surface area contributed by atoms with Crippen molar-refractivity contribution >= 4 is 17.5 Å². The zero-order chi connectivity index (χ0) is 12.6. The number of H-pyrrole nitrogens is 1. The molecule has 0 unspecified atom stereocenters. The Morgan fingerprint density at radius 3 is 2.88 bits per heavy atom. The van der Waals surface area contributed by atoms with Crippen LogP contribution in [0.2, 0.25) is 0 Å². The van der Waals surface area contributed by atoms with Gasteiger partial charge in [0.05, 0.1) is 12.1 Å². The van der Waals surface area contributed by atoms with E-state index in [9.17, 15) is 15.0 Å². The highest BCUT2D eigenvalue weighted by atomic mass is 16.3. The molecule has 0 bridgehead atoms. The Morgan fingerprint density at radius 1 is 1.53 bits per heavy atom. The van der Waals surface area contributed by atoms with Crippen LogP contribution in [0.3, 0.4) is 0 Å². The van der Waals surface area contributed by atoms with Crippen molar-refractivity contribution in [3.8, 4) is 0 Å². The third-order valence-electron chi connectivity index (χ3n) is 2.66. The van der Waals surface area contributed by atoms with E-state index in [1.165, 1.54) is 6.92 Å². The number of hydrogen-bond donors (Lipinski definition) is 6. The molecular weight excluding hydrogens is 226 g/mol. The molecule has 0 radical (unpaired) electrons. The molecule has 1 aliphatic heterocycles. The largest absolute Gasteiger partial charge is 0.391 e. The average Bonchev–Trinajstić information content (AvgIpc) is 2.27. The summed E-state index contributed by atoms with van der Waals surface area (Å²) in [5.41, 5.74) is 5.20. The molecule has 1 aromatic rings. The smallest absolute Gasteiger partial charge is 0.277 e. The first-order valence-electron chi connectivity index (χ1n) is 5.25. The Bertz CT molecular complexity index is 472. The summed E-state index contributed by atoms with van der Waals surface area (Å²) < 4.78 is 0. The second-order valence-electron chi connectivity index (χ2n) is 4.04. The lowest BCUT2D eigenvalue weighted by Gasteiger charge is -2.31. The zero-order valence-electron chi connectivity index (χ0n) is 9.27. The molecule has 0 aliphatic carbocycles. The van der Waals surface area contributed by atoms with Gasteiger partial charge in [0.1, 0.15) is 11.8 Å². The summed E-state index contributed by atoms with van der Waals surface area (Å²) in [5, 5.41) is 24.7. The van der Waals surface area contributed by atoms with Gasteiger partial charge in [-0.1, -0.05) is 0 Å². The average molecular weight is 241 g/mol. The predicted molar refractivity (Wildman–Crippen MR) is 62.9 cm³/mol. The maximum atomic E-state index is 11.6. The highest BCUT2D eigenvalue weighted by molar-refractivity contribution is 5.67. The van der Waals surface area contributed by atoms with E-state index in [2.05, 4.69) is 20.6 Å². The lowest BCUT2D eigenvalue weighted by atomic mass is 10.0. The van der Waals surface area contributed by atoms with Crippen molar-refractivity contribution in [1.82, 2.24) is 9.97 Å². The molecule has 7 N–H and O–H groups in total. The summed E-state index contributed by atoms with van der Waals surface area (Å²) in [6.07, 6.45) is -1.87. The molecule has 0 saturated carbocycles. The maximum absolute atomic E-state index is 11.6. The van der Waals surface area contributed by atoms with Gasteiger partial charge in [0.25, 0.3) is 5.56 Å². The molecule has 8 nitrogen and oxygen atoms in total. The molecule has 0 saturated heterocycles. The number of aliphatic hydroxyl groups is 2. The standard InChI is InChI=1S/C9H15N5O3/c1-3(15)6(16)4-2-11-7-5(12-4)8(17)14-9(10)13-7/h3-4,6,12,15-16H,2H2,1H3,(H4,10,11,13,14,17)/t3-,4+,6+/m1/s1. The van der Waals surface area contributed by atoms with Gasteiger partial charge in [-0.15, -0.1) is 0 Å². The summed E-state index contributed by atoms with van der Waals surface area (Å²) in [6.45, 7) is 1.82. The number of rotatable bonds is 2. The number of nitrogens with zero attached hydrogens (tertiary/aromatic N) is 1. The molecule has 3 atom stereocenters. The van der Waals surface area contributed by atoms with E-state index >= 15 is 0 Å². The normalized spacial score (nSPS) is 21.9. The van der Waals surface area contributed by atoms with Crippen LogP contribution in [0, 0.1) is 0 Å². The lowest BCUT2D eigenvalue weighted by Crippen LogP contribution is -2.48. The van der Waals surface area contributed by atoms with Crippen molar-refractivity contribution in [3.05, 3.63) is 10.4 Å². The van der Waals surface area contributed by atoms with Crippen LogP contribution in [-0.4, -0.2) is 45.0 Å². The minimum absolute atomic E-state index is 0.0255. The quantitative estimate of drug-likeness (QED) is 0.363. The Balaban J connectivity index is 2.27. The van der Waals surface area contributed by atoms with Gasteiger partial charge in [-0.3, -0.25) is 9.78 Å². The van der Waals surface area contributed by atoms with Crippen LogP contribution >= 0.6 is 0 Å². The highest BCUT2D eigenvalue weighted by Gasteiger charge is 2.29. The first-order chi connectivity index (χ1) is 7.99.